The maximum atomic E-state index is 10.7. The molecule has 7 nitrogen and oxygen atoms in total. The number of carbonyl (C=O) groups is 1. The normalized spacial score (nSPS) is 10.4. The number of anilines is 3. The third kappa shape index (κ3) is 5.54. The number of aryl methyl sites for hydroxylation is 2. The van der Waals surface area contributed by atoms with Gasteiger partial charge in [-0.15, -0.1) is 0 Å². The third-order valence-electron chi connectivity index (χ3n) is 3.64. The molecule has 3 rings (SSSR count). The number of nitrogens with one attached hydrogen (secondary N) is 2. The molecule has 1 aromatic carbocycles. The highest BCUT2D eigenvalue weighted by Crippen LogP contribution is 2.24. The van der Waals surface area contributed by atoms with Crippen LogP contribution in [0.2, 0.25) is 10.3 Å². The van der Waals surface area contributed by atoms with Gasteiger partial charge in [-0.2, -0.15) is 4.98 Å². The highest BCUT2D eigenvalue weighted by atomic mass is 35.5. The number of pyridine rings is 1. The van der Waals surface area contributed by atoms with Crippen molar-refractivity contribution in [1.82, 2.24) is 15.0 Å². The van der Waals surface area contributed by atoms with E-state index in [1.165, 1.54) is 6.20 Å². The summed E-state index contributed by atoms with van der Waals surface area (Å²) < 4.78 is 0. The van der Waals surface area contributed by atoms with Gasteiger partial charge in [-0.3, -0.25) is 10.3 Å². The van der Waals surface area contributed by atoms with Gasteiger partial charge in [0, 0.05) is 23.3 Å². The van der Waals surface area contributed by atoms with Gasteiger partial charge >= 0.3 is 6.09 Å². The monoisotopic (exact) mass is 403 g/mol. The fraction of sp³-hybridized carbons (Fsp3) is 0.111. The van der Waals surface area contributed by atoms with Crippen LogP contribution in [0.15, 0.2) is 48.8 Å². The fourth-order valence-electron chi connectivity index (χ4n) is 2.46. The lowest BCUT2D eigenvalue weighted by molar-refractivity contribution is 0.209. The summed E-state index contributed by atoms with van der Waals surface area (Å²) in [5, 5.41) is 14.7. The zero-order valence-electron chi connectivity index (χ0n) is 14.0. The number of amides is 1. The van der Waals surface area contributed by atoms with Gasteiger partial charge in [-0.25, -0.2) is 9.78 Å². The van der Waals surface area contributed by atoms with Gasteiger partial charge in [0.1, 0.15) is 5.02 Å². The predicted molar refractivity (Wildman–Crippen MR) is 105 cm³/mol. The average Bonchev–Trinajstić information content (AvgIpc) is 2.63. The van der Waals surface area contributed by atoms with Crippen molar-refractivity contribution in [3.8, 4) is 0 Å². The Morgan fingerprint density at radius 2 is 1.93 bits per heavy atom. The molecule has 2 aromatic heterocycles. The largest absolute Gasteiger partial charge is 0.465 e. The average molecular weight is 404 g/mol. The number of nitrogens with zero attached hydrogens (tertiary/aromatic N) is 3. The van der Waals surface area contributed by atoms with Crippen LogP contribution in [-0.2, 0) is 12.8 Å². The summed E-state index contributed by atoms with van der Waals surface area (Å²) in [6, 6.07) is 11.1. The van der Waals surface area contributed by atoms with Crippen molar-refractivity contribution in [2.45, 2.75) is 12.8 Å². The zero-order chi connectivity index (χ0) is 19.2. The van der Waals surface area contributed by atoms with E-state index in [2.05, 4.69) is 25.6 Å². The van der Waals surface area contributed by atoms with Gasteiger partial charge in [-0.1, -0.05) is 23.7 Å². The van der Waals surface area contributed by atoms with Crippen molar-refractivity contribution in [3.05, 3.63) is 70.4 Å². The molecule has 0 aliphatic heterocycles. The molecule has 138 valence electrons. The number of aromatic nitrogens is 3. The molecular weight excluding hydrogens is 389 g/mol. The van der Waals surface area contributed by atoms with Crippen LogP contribution in [0.5, 0.6) is 0 Å². The standard InChI is InChI=1S/C18H15Cl2N5O2/c19-15-10-22-17(20)25-16(15)23-13-3-1-2-11(8-13)4-5-12-9-14(6-7-21-12)24-18(26)27/h1-3,6-10H,4-5H2,(H,21,24)(H,26,27)(H,22,23,25). The molecule has 9 heteroatoms. The summed E-state index contributed by atoms with van der Waals surface area (Å²) >= 11 is 11.9. The Balaban J connectivity index is 1.67. The second-order valence-corrected chi connectivity index (χ2v) is 6.37. The second kappa shape index (κ2) is 8.66. The van der Waals surface area contributed by atoms with Crippen molar-refractivity contribution in [3.63, 3.8) is 0 Å². The van der Waals surface area contributed by atoms with E-state index < -0.39 is 6.09 Å². The number of hydrogen-bond donors (Lipinski definition) is 3. The highest BCUT2D eigenvalue weighted by Gasteiger charge is 2.06. The minimum atomic E-state index is -1.10. The van der Waals surface area contributed by atoms with E-state index in [4.69, 9.17) is 28.3 Å². The molecule has 2 heterocycles. The first-order chi connectivity index (χ1) is 13.0. The summed E-state index contributed by atoms with van der Waals surface area (Å²) in [7, 11) is 0. The first-order valence-corrected chi connectivity index (χ1v) is 8.74. The van der Waals surface area contributed by atoms with E-state index >= 15 is 0 Å². The minimum Gasteiger partial charge on any atom is -0.465 e. The van der Waals surface area contributed by atoms with E-state index in [-0.39, 0.29) is 5.28 Å². The zero-order valence-corrected chi connectivity index (χ0v) is 15.5. The molecule has 0 aliphatic rings. The predicted octanol–water partition coefficient (Wildman–Crippen LogP) is 4.80. The SMILES string of the molecule is O=C(O)Nc1ccnc(CCc2cccc(Nc3nc(Cl)ncc3Cl)c2)c1. The molecule has 0 unspecified atom stereocenters. The van der Waals surface area contributed by atoms with Crippen LogP contribution in [0.1, 0.15) is 11.3 Å². The Morgan fingerprint density at radius 1 is 1.07 bits per heavy atom. The van der Waals surface area contributed by atoms with Gasteiger partial charge < -0.3 is 10.4 Å². The number of halogens is 2. The Morgan fingerprint density at radius 3 is 2.74 bits per heavy atom. The first-order valence-electron chi connectivity index (χ1n) is 7.98. The van der Waals surface area contributed by atoms with Gasteiger partial charge in [0.25, 0.3) is 0 Å². The van der Waals surface area contributed by atoms with Crippen LogP contribution >= 0.6 is 23.2 Å². The lowest BCUT2D eigenvalue weighted by Gasteiger charge is -2.09. The number of carboxylic acid groups (broad SMARTS) is 1. The third-order valence-corrected chi connectivity index (χ3v) is 4.10. The fourth-order valence-corrected chi connectivity index (χ4v) is 2.73. The quantitative estimate of drug-likeness (QED) is 0.511. The minimum absolute atomic E-state index is 0.110. The van der Waals surface area contributed by atoms with Crippen molar-refractivity contribution < 1.29 is 9.90 Å². The molecule has 1 amide bonds. The molecule has 0 aliphatic carbocycles. The Bertz CT molecular complexity index is 968. The van der Waals surface area contributed by atoms with Crippen LogP contribution < -0.4 is 10.6 Å². The lowest BCUT2D eigenvalue weighted by atomic mass is 10.1. The Hall–Kier alpha value is -2.90. The van der Waals surface area contributed by atoms with Gasteiger partial charge in [0.2, 0.25) is 5.28 Å². The molecule has 3 N–H and O–H groups in total. The summed E-state index contributed by atoms with van der Waals surface area (Å²) in [6.07, 6.45) is 3.32. The van der Waals surface area contributed by atoms with Crippen molar-refractivity contribution >= 4 is 46.5 Å². The van der Waals surface area contributed by atoms with Gasteiger partial charge in [-0.05, 0) is 54.3 Å². The summed E-state index contributed by atoms with van der Waals surface area (Å²) in [5.41, 5.74) is 3.19. The van der Waals surface area contributed by atoms with E-state index in [0.717, 1.165) is 23.4 Å². The molecule has 0 radical (unpaired) electrons. The number of benzene rings is 1. The van der Waals surface area contributed by atoms with Gasteiger partial charge in [0.05, 0.1) is 6.20 Å². The van der Waals surface area contributed by atoms with Crippen molar-refractivity contribution in [2.24, 2.45) is 0 Å². The molecule has 0 spiro atoms. The molecule has 27 heavy (non-hydrogen) atoms. The smallest absolute Gasteiger partial charge is 0.409 e. The lowest BCUT2D eigenvalue weighted by Crippen LogP contribution is -2.07. The summed E-state index contributed by atoms with van der Waals surface area (Å²) in [6.45, 7) is 0. The molecule has 0 fully saturated rings. The topological polar surface area (TPSA) is 100 Å². The van der Waals surface area contributed by atoms with Crippen LogP contribution in [0.3, 0.4) is 0 Å². The Kier molecular flexibility index (Phi) is 6.05. The highest BCUT2D eigenvalue weighted by molar-refractivity contribution is 6.33. The van der Waals surface area contributed by atoms with Crippen LogP contribution in [0.25, 0.3) is 0 Å². The Labute approximate surface area is 165 Å². The molecule has 0 saturated heterocycles. The van der Waals surface area contributed by atoms with E-state index in [1.807, 2.05) is 24.3 Å². The second-order valence-electron chi connectivity index (χ2n) is 5.63. The molecule has 0 saturated carbocycles. The van der Waals surface area contributed by atoms with E-state index in [0.29, 0.717) is 22.9 Å². The maximum absolute atomic E-state index is 10.7. The molecule has 0 atom stereocenters. The van der Waals surface area contributed by atoms with Crippen molar-refractivity contribution in [2.75, 3.05) is 10.6 Å². The number of rotatable bonds is 6. The molecule has 3 aromatic rings. The summed E-state index contributed by atoms with van der Waals surface area (Å²) in [5.74, 6) is 0.433. The molecule has 0 bridgehead atoms. The van der Waals surface area contributed by atoms with Crippen LogP contribution in [0, 0.1) is 0 Å². The van der Waals surface area contributed by atoms with Gasteiger partial charge in [0.15, 0.2) is 5.82 Å². The maximum Gasteiger partial charge on any atom is 0.409 e. The van der Waals surface area contributed by atoms with Crippen LogP contribution in [-0.4, -0.2) is 26.2 Å². The first kappa shape index (κ1) is 18.9. The van der Waals surface area contributed by atoms with E-state index in [1.54, 1.807) is 18.3 Å². The van der Waals surface area contributed by atoms with Crippen molar-refractivity contribution in [1.29, 1.82) is 0 Å². The van der Waals surface area contributed by atoms with E-state index in [9.17, 15) is 4.79 Å². The van der Waals surface area contributed by atoms with Crippen LogP contribution in [0.4, 0.5) is 22.0 Å². The number of hydrogen-bond acceptors (Lipinski definition) is 5. The summed E-state index contributed by atoms with van der Waals surface area (Å²) in [4.78, 5) is 22.9. The molecular formula is C18H15Cl2N5O2.